The molecule has 1 atom stereocenters. The highest BCUT2D eigenvalue weighted by Gasteiger charge is 2.43. The molecule has 0 aliphatic carbocycles. The molecule has 1 aliphatic rings. The summed E-state index contributed by atoms with van der Waals surface area (Å²) in [5, 5.41) is 0. The molecule has 5 heteroatoms. The van der Waals surface area contributed by atoms with Crippen molar-refractivity contribution in [2.24, 2.45) is 5.73 Å². The van der Waals surface area contributed by atoms with Gasteiger partial charge in [0.25, 0.3) is 0 Å². The summed E-state index contributed by atoms with van der Waals surface area (Å²) in [5.41, 5.74) is 6.75. The van der Waals surface area contributed by atoms with Gasteiger partial charge >= 0.3 is 0 Å². The minimum absolute atomic E-state index is 0.196. The maximum Gasteiger partial charge on any atom is 0.152 e. The predicted octanol–water partition coefficient (Wildman–Crippen LogP) is 0.677. The first-order chi connectivity index (χ1) is 8.97. The minimum atomic E-state index is -2.92. The Labute approximate surface area is 115 Å². The number of hydrogen-bond acceptors (Lipinski definition) is 4. The highest BCUT2D eigenvalue weighted by Crippen LogP contribution is 2.28. The smallest absolute Gasteiger partial charge is 0.152 e. The van der Waals surface area contributed by atoms with Crippen molar-refractivity contribution in [2.45, 2.75) is 18.4 Å². The first kappa shape index (κ1) is 14.5. The second-order valence-corrected chi connectivity index (χ2v) is 7.61. The van der Waals surface area contributed by atoms with Crippen LogP contribution in [-0.2, 0) is 16.3 Å². The van der Waals surface area contributed by atoms with E-state index in [1.54, 1.807) is 0 Å². The maximum atomic E-state index is 11.7. The fourth-order valence-corrected chi connectivity index (χ4v) is 4.83. The van der Waals surface area contributed by atoms with Crippen LogP contribution in [0.1, 0.15) is 12.0 Å². The number of rotatable bonds is 5. The van der Waals surface area contributed by atoms with Gasteiger partial charge in [-0.25, -0.2) is 8.42 Å². The summed E-state index contributed by atoms with van der Waals surface area (Å²) in [4.78, 5) is 2.13. The van der Waals surface area contributed by atoms with E-state index in [1.807, 2.05) is 25.2 Å². The summed E-state index contributed by atoms with van der Waals surface area (Å²) >= 11 is 0. The highest BCUT2D eigenvalue weighted by molar-refractivity contribution is 7.91. The van der Waals surface area contributed by atoms with Crippen LogP contribution in [0.15, 0.2) is 30.3 Å². The van der Waals surface area contributed by atoms with E-state index in [0.29, 0.717) is 13.0 Å². The van der Waals surface area contributed by atoms with Crippen LogP contribution in [0.3, 0.4) is 0 Å². The van der Waals surface area contributed by atoms with Gasteiger partial charge in [-0.1, -0.05) is 30.3 Å². The fourth-order valence-electron chi connectivity index (χ4n) is 2.70. The zero-order valence-corrected chi connectivity index (χ0v) is 12.2. The summed E-state index contributed by atoms with van der Waals surface area (Å²) in [6.07, 6.45) is 1.57. The average molecular weight is 282 g/mol. The molecule has 1 heterocycles. The van der Waals surface area contributed by atoms with Crippen LogP contribution in [0.5, 0.6) is 0 Å². The van der Waals surface area contributed by atoms with Crippen molar-refractivity contribution >= 4 is 9.84 Å². The predicted molar refractivity (Wildman–Crippen MR) is 77.8 cm³/mol. The van der Waals surface area contributed by atoms with E-state index >= 15 is 0 Å². The summed E-state index contributed by atoms with van der Waals surface area (Å²) in [6.45, 7) is 1.23. The third-order valence-electron chi connectivity index (χ3n) is 4.14. The first-order valence-electron chi connectivity index (χ1n) is 6.63. The van der Waals surface area contributed by atoms with Gasteiger partial charge in [0.05, 0.1) is 11.5 Å². The Kier molecular flexibility index (Phi) is 4.28. The molecular formula is C14H22N2O2S. The molecule has 2 N–H and O–H groups in total. The lowest BCUT2D eigenvalue weighted by Crippen LogP contribution is -2.53. The lowest BCUT2D eigenvalue weighted by Gasteiger charge is -2.36. The van der Waals surface area contributed by atoms with Crippen LogP contribution in [0.25, 0.3) is 0 Å². The summed E-state index contributed by atoms with van der Waals surface area (Å²) in [5.74, 6) is 0.460. The number of benzene rings is 1. The number of likely N-dealkylation sites (N-methyl/N-ethyl adjacent to an activating group) is 1. The number of hydrogen-bond donors (Lipinski definition) is 1. The molecule has 19 heavy (non-hydrogen) atoms. The van der Waals surface area contributed by atoms with Crippen molar-refractivity contribution in [1.82, 2.24) is 4.90 Å². The molecule has 1 saturated heterocycles. The molecule has 0 saturated carbocycles. The van der Waals surface area contributed by atoms with Gasteiger partial charge in [-0.2, -0.15) is 0 Å². The molecule has 1 aromatic carbocycles. The zero-order valence-electron chi connectivity index (χ0n) is 11.4. The summed E-state index contributed by atoms with van der Waals surface area (Å²) < 4.78 is 23.4. The van der Waals surface area contributed by atoms with Crippen LogP contribution in [0.2, 0.25) is 0 Å². The van der Waals surface area contributed by atoms with E-state index in [9.17, 15) is 8.42 Å². The van der Waals surface area contributed by atoms with Crippen LogP contribution in [0.4, 0.5) is 0 Å². The van der Waals surface area contributed by atoms with E-state index in [2.05, 4.69) is 17.0 Å². The van der Waals surface area contributed by atoms with Gasteiger partial charge in [0.1, 0.15) is 0 Å². The Morgan fingerprint density at radius 3 is 2.53 bits per heavy atom. The summed E-state index contributed by atoms with van der Waals surface area (Å²) in [7, 11) is -0.933. The van der Waals surface area contributed by atoms with Crippen LogP contribution in [0, 0.1) is 0 Å². The Morgan fingerprint density at radius 1 is 1.32 bits per heavy atom. The monoisotopic (exact) mass is 282 g/mol. The molecule has 0 radical (unpaired) electrons. The van der Waals surface area contributed by atoms with E-state index in [1.165, 1.54) is 5.56 Å². The molecule has 2 rings (SSSR count). The highest BCUT2D eigenvalue weighted by atomic mass is 32.2. The molecule has 4 nitrogen and oxygen atoms in total. The Morgan fingerprint density at radius 2 is 2.00 bits per heavy atom. The number of sulfone groups is 1. The van der Waals surface area contributed by atoms with Crippen molar-refractivity contribution in [3.8, 4) is 0 Å². The van der Waals surface area contributed by atoms with Gasteiger partial charge in [0, 0.05) is 18.6 Å². The van der Waals surface area contributed by atoms with Crippen molar-refractivity contribution in [1.29, 1.82) is 0 Å². The molecule has 106 valence electrons. The zero-order chi connectivity index (χ0) is 13.9. The molecule has 0 spiro atoms. The van der Waals surface area contributed by atoms with Crippen LogP contribution in [-0.4, -0.2) is 50.5 Å². The fraction of sp³-hybridized carbons (Fsp3) is 0.571. The Hall–Kier alpha value is -0.910. The third-order valence-corrected chi connectivity index (χ3v) is 5.94. The van der Waals surface area contributed by atoms with Crippen molar-refractivity contribution < 1.29 is 8.42 Å². The Bertz CT molecular complexity index is 516. The molecule has 1 fully saturated rings. The lowest BCUT2D eigenvalue weighted by atomic mass is 9.96. The van der Waals surface area contributed by atoms with E-state index in [-0.39, 0.29) is 17.0 Å². The van der Waals surface area contributed by atoms with Gasteiger partial charge in [0.15, 0.2) is 9.84 Å². The quantitative estimate of drug-likeness (QED) is 0.862. The van der Waals surface area contributed by atoms with E-state index < -0.39 is 9.84 Å². The van der Waals surface area contributed by atoms with Crippen LogP contribution >= 0.6 is 0 Å². The van der Waals surface area contributed by atoms with Gasteiger partial charge in [0.2, 0.25) is 0 Å². The van der Waals surface area contributed by atoms with Gasteiger partial charge in [-0.05, 0) is 25.5 Å². The molecule has 1 unspecified atom stereocenters. The van der Waals surface area contributed by atoms with Crippen LogP contribution < -0.4 is 5.73 Å². The molecule has 0 bridgehead atoms. The first-order valence-corrected chi connectivity index (χ1v) is 8.45. The molecular weight excluding hydrogens is 260 g/mol. The molecule has 1 aliphatic heterocycles. The maximum absolute atomic E-state index is 11.7. The average Bonchev–Trinajstić information content (AvgIpc) is 2.74. The second-order valence-electron chi connectivity index (χ2n) is 5.43. The van der Waals surface area contributed by atoms with E-state index in [4.69, 9.17) is 5.73 Å². The van der Waals surface area contributed by atoms with Gasteiger partial charge in [-0.15, -0.1) is 0 Å². The SMILES string of the molecule is CN(CCc1ccccc1)C1(CN)CCS(=O)(=O)C1. The normalized spacial score (nSPS) is 25.8. The molecule has 0 amide bonds. The topological polar surface area (TPSA) is 63.4 Å². The lowest BCUT2D eigenvalue weighted by molar-refractivity contribution is 0.153. The van der Waals surface area contributed by atoms with E-state index in [0.717, 1.165) is 13.0 Å². The van der Waals surface area contributed by atoms with Crippen molar-refractivity contribution in [2.75, 3.05) is 31.6 Å². The van der Waals surface area contributed by atoms with Gasteiger partial charge < -0.3 is 5.73 Å². The largest absolute Gasteiger partial charge is 0.329 e. The summed E-state index contributed by atoms with van der Waals surface area (Å²) in [6, 6.07) is 10.2. The minimum Gasteiger partial charge on any atom is -0.329 e. The van der Waals surface area contributed by atoms with Crippen molar-refractivity contribution in [3.63, 3.8) is 0 Å². The number of nitrogens with two attached hydrogens (primary N) is 1. The molecule has 1 aromatic rings. The van der Waals surface area contributed by atoms with Gasteiger partial charge in [-0.3, -0.25) is 4.90 Å². The second kappa shape index (κ2) is 5.61. The van der Waals surface area contributed by atoms with Crippen molar-refractivity contribution in [3.05, 3.63) is 35.9 Å². The third kappa shape index (κ3) is 3.35. The molecule has 0 aromatic heterocycles. The number of nitrogens with zero attached hydrogens (tertiary/aromatic N) is 1. The Balaban J connectivity index is 2.00. The standard InChI is InChI=1S/C14H22N2O2S/c1-16(9-7-13-5-3-2-4-6-13)14(11-15)8-10-19(17,18)12-14/h2-6H,7-12,15H2,1H3.